The van der Waals surface area contributed by atoms with Gasteiger partial charge in [-0.25, -0.2) is 0 Å². The lowest BCUT2D eigenvalue weighted by atomic mass is 10.1. The summed E-state index contributed by atoms with van der Waals surface area (Å²) in [5.41, 5.74) is -0.491. The summed E-state index contributed by atoms with van der Waals surface area (Å²) in [5, 5.41) is 9.26. The summed E-state index contributed by atoms with van der Waals surface area (Å²) in [6.07, 6.45) is -0.231. The van der Waals surface area contributed by atoms with E-state index in [1.165, 1.54) is 18.2 Å². The first kappa shape index (κ1) is 17.1. The number of rotatable bonds is 4. The van der Waals surface area contributed by atoms with E-state index in [4.69, 9.17) is 0 Å². The fourth-order valence-corrected chi connectivity index (χ4v) is 2.32. The molecule has 0 radical (unpaired) electrons. The number of phenolic OH excluding ortho intramolecular Hbond substituents is 1. The molecule has 0 fully saturated rings. The number of thioether (sulfide) groups is 1. The molecule has 6 heteroatoms. The SMILES string of the molecule is CSc1ccc(C(=O)C=Cc2ccc(O)c(C(F)(F)F)c2)cc1. The minimum Gasteiger partial charge on any atom is -0.507 e. The summed E-state index contributed by atoms with van der Waals surface area (Å²) >= 11 is 1.55. The Morgan fingerprint density at radius 1 is 1.13 bits per heavy atom. The first-order valence-electron chi connectivity index (χ1n) is 6.58. The summed E-state index contributed by atoms with van der Waals surface area (Å²) in [6, 6.07) is 10.00. The second-order valence-corrected chi connectivity index (χ2v) is 5.58. The molecular formula is C17H13F3O2S. The maximum atomic E-state index is 12.7. The topological polar surface area (TPSA) is 37.3 Å². The van der Waals surface area contributed by atoms with E-state index in [-0.39, 0.29) is 11.3 Å². The van der Waals surface area contributed by atoms with E-state index in [1.807, 2.05) is 6.26 Å². The van der Waals surface area contributed by atoms with Crippen molar-refractivity contribution in [3.8, 4) is 5.75 Å². The van der Waals surface area contributed by atoms with Crippen LogP contribution < -0.4 is 0 Å². The van der Waals surface area contributed by atoms with E-state index in [0.29, 0.717) is 5.56 Å². The number of phenols is 1. The van der Waals surface area contributed by atoms with Gasteiger partial charge in [0.15, 0.2) is 5.78 Å². The largest absolute Gasteiger partial charge is 0.507 e. The number of benzene rings is 2. The van der Waals surface area contributed by atoms with E-state index in [1.54, 1.807) is 36.0 Å². The van der Waals surface area contributed by atoms with E-state index in [2.05, 4.69) is 0 Å². The summed E-state index contributed by atoms with van der Waals surface area (Å²) in [6.45, 7) is 0. The molecule has 2 aromatic rings. The lowest BCUT2D eigenvalue weighted by molar-refractivity contribution is -0.138. The fourth-order valence-electron chi connectivity index (χ4n) is 1.91. The standard InChI is InChI=1S/C17H13F3O2S/c1-23-13-6-4-12(5-7-13)15(21)8-2-11-3-9-16(22)14(10-11)17(18,19)20/h2-10,22H,1H3. The Labute approximate surface area is 135 Å². The smallest absolute Gasteiger partial charge is 0.419 e. The van der Waals surface area contributed by atoms with E-state index >= 15 is 0 Å². The zero-order valence-electron chi connectivity index (χ0n) is 12.1. The second-order valence-electron chi connectivity index (χ2n) is 4.70. The number of carbonyl (C=O) groups excluding carboxylic acids is 1. The van der Waals surface area contributed by atoms with Crippen molar-refractivity contribution < 1.29 is 23.1 Å². The third kappa shape index (κ3) is 4.39. The van der Waals surface area contributed by atoms with Crippen molar-refractivity contribution in [3.05, 3.63) is 65.2 Å². The number of allylic oxidation sites excluding steroid dienone is 1. The van der Waals surface area contributed by atoms with Crippen molar-refractivity contribution in [2.24, 2.45) is 0 Å². The van der Waals surface area contributed by atoms with E-state index in [9.17, 15) is 23.1 Å². The molecule has 0 atom stereocenters. The van der Waals surface area contributed by atoms with Crippen molar-refractivity contribution in [1.29, 1.82) is 0 Å². The summed E-state index contributed by atoms with van der Waals surface area (Å²) in [4.78, 5) is 13.0. The Balaban J connectivity index is 2.20. The van der Waals surface area contributed by atoms with Crippen molar-refractivity contribution in [1.82, 2.24) is 0 Å². The van der Waals surface area contributed by atoms with Gasteiger partial charge in [0.2, 0.25) is 0 Å². The molecule has 0 aliphatic rings. The highest BCUT2D eigenvalue weighted by atomic mass is 32.2. The number of aromatic hydroxyl groups is 1. The molecule has 23 heavy (non-hydrogen) atoms. The zero-order chi connectivity index (χ0) is 17.0. The maximum absolute atomic E-state index is 12.7. The summed E-state index contributed by atoms with van der Waals surface area (Å²) in [5.74, 6) is -1.15. The highest BCUT2D eigenvalue weighted by Crippen LogP contribution is 2.36. The van der Waals surface area contributed by atoms with E-state index in [0.717, 1.165) is 17.0 Å². The first-order chi connectivity index (χ1) is 10.8. The first-order valence-corrected chi connectivity index (χ1v) is 7.80. The Morgan fingerprint density at radius 2 is 1.78 bits per heavy atom. The van der Waals surface area contributed by atoms with Gasteiger partial charge in [0.05, 0.1) is 5.56 Å². The maximum Gasteiger partial charge on any atom is 0.419 e. The van der Waals surface area contributed by atoms with E-state index < -0.39 is 17.5 Å². The van der Waals surface area contributed by atoms with Crippen LogP contribution in [0, 0.1) is 0 Å². The molecule has 0 aliphatic carbocycles. The molecule has 0 heterocycles. The van der Waals surface area contributed by atoms with Gasteiger partial charge in [-0.1, -0.05) is 12.1 Å². The highest BCUT2D eigenvalue weighted by Gasteiger charge is 2.33. The van der Waals surface area contributed by atoms with Gasteiger partial charge in [0.1, 0.15) is 5.75 Å². The Morgan fingerprint density at radius 3 is 2.35 bits per heavy atom. The monoisotopic (exact) mass is 338 g/mol. The fraction of sp³-hybridized carbons (Fsp3) is 0.118. The van der Waals surface area contributed by atoms with Crippen LogP contribution in [0.3, 0.4) is 0 Å². The number of hydrogen-bond donors (Lipinski definition) is 1. The van der Waals surface area contributed by atoms with Crippen LogP contribution in [0.2, 0.25) is 0 Å². The normalized spacial score (nSPS) is 11.8. The van der Waals surface area contributed by atoms with Gasteiger partial charge in [-0.3, -0.25) is 4.79 Å². The van der Waals surface area contributed by atoms with Crippen LogP contribution in [-0.4, -0.2) is 17.1 Å². The molecule has 0 amide bonds. The molecule has 0 aliphatic heterocycles. The number of alkyl halides is 3. The minimum atomic E-state index is -4.65. The molecule has 0 bridgehead atoms. The van der Waals surface area contributed by atoms with Crippen LogP contribution in [0.5, 0.6) is 5.75 Å². The zero-order valence-corrected chi connectivity index (χ0v) is 12.9. The molecule has 0 spiro atoms. The molecule has 2 aromatic carbocycles. The molecular weight excluding hydrogens is 325 g/mol. The number of hydrogen-bond acceptors (Lipinski definition) is 3. The van der Waals surface area contributed by atoms with Crippen molar-refractivity contribution in [2.45, 2.75) is 11.1 Å². The molecule has 0 saturated heterocycles. The predicted octanol–water partition coefficient (Wildman–Crippen LogP) is 5.03. The molecule has 1 N–H and O–H groups in total. The third-order valence-electron chi connectivity index (χ3n) is 3.13. The Bertz CT molecular complexity index is 734. The Hall–Kier alpha value is -2.21. The molecule has 0 aromatic heterocycles. The van der Waals surface area contributed by atoms with Gasteiger partial charge in [-0.2, -0.15) is 13.2 Å². The van der Waals surface area contributed by atoms with Crippen LogP contribution in [0.1, 0.15) is 21.5 Å². The van der Waals surface area contributed by atoms with Gasteiger partial charge >= 0.3 is 6.18 Å². The predicted molar refractivity (Wildman–Crippen MR) is 84.7 cm³/mol. The average molecular weight is 338 g/mol. The molecule has 120 valence electrons. The number of carbonyl (C=O) groups is 1. The highest BCUT2D eigenvalue weighted by molar-refractivity contribution is 7.98. The van der Waals surface area contributed by atoms with Gasteiger partial charge in [0, 0.05) is 10.5 Å². The van der Waals surface area contributed by atoms with Crippen molar-refractivity contribution >= 4 is 23.6 Å². The lowest BCUT2D eigenvalue weighted by Gasteiger charge is -2.09. The Kier molecular flexibility index (Phi) is 5.15. The van der Waals surface area contributed by atoms with Gasteiger partial charge in [-0.05, 0) is 54.3 Å². The van der Waals surface area contributed by atoms with Gasteiger partial charge in [0.25, 0.3) is 0 Å². The van der Waals surface area contributed by atoms with Crippen LogP contribution in [0.25, 0.3) is 6.08 Å². The minimum absolute atomic E-state index is 0.184. The number of ketones is 1. The summed E-state index contributed by atoms with van der Waals surface area (Å²) < 4.78 is 38.1. The lowest BCUT2D eigenvalue weighted by Crippen LogP contribution is -2.05. The third-order valence-corrected chi connectivity index (χ3v) is 3.87. The molecule has 0 unspecified atom stereocenters. The van der Waals surface area contributed by atoms with Crippen LogP contribution in [0.15, 0.2) is 53.4 Å². The van der Waals surface area contributed by atoms with Crippen molar-refractivity contribution in [3.63, 3.8) is 0 Å². The average Bonchev–Trinajstić information content (AvgIpc) is 2.52. The number of halogens is 3. The second kappa shape index (κ2) is 6.91. The molecule has 2 nitrogen and oxygen atoms in total. The van der Waals surface area contributed by atoms with Crippen LogP contribution in [-0.2, 0) is 6.18 Å². The van der Waals surface area contributed by atoms with Crippen molar-refractivity contribution in [2.75, 3.05) is 6.26 Å². The van der Waals surface area contributed by atoms with Gasteiger partial charge < -0.3 is 5.11 Å². The quantitative estimate of drug-likeness (QED) is 0.483. The summed E-state index contributed by atoms with van der Waals surface area (Å²) in [7, 11) is 0. The molecule has 2 rings (SSSR count). The van der Waals surface area contributed by atoms with Crippen LogP contribution in [0.4, 0.5) is 13.2 Å². The van der Waals surface area contributed by atoms with Gasteiger partial charge in [-0.15, -0.1) is 11.8 Å². The molecule has 0 saturated carbocycles. The van der Waals surface area contributed by atoms with Crippen LogP contribution >= 0.6 is 11.8 Å².